The fraction of sp³-hybridized carbons (Fsp3) is 0.417. The van der Waals surface area contributed by atoms with E-state index < -0.39 is 48.1 Å². The Hall–Kier alpha value is -3.32. The Bertz CT molecular complexity index is 1090. The van der Waals surface area contributed by atoms with E-state index in [0.717, 1.165) is 0 Å². The second-order valence-corrected chi connectivity index (χ2v) is 8.80. The summed E-state index contributed by atoms with van der Waals surface area (Å²) < 4.78 is 84.8. The fourth-order valence-corrected chi connectivity index (χ4v) is 4.28. The van der Waals surface area contributed by atoms with Gasteiger partial charge in [0.15, 0.2) is 0 Å². The number of primary amides is 2. The summed E-state index contributed by atoms with van der Waals surface area (Å²) in [7, 11) is 0. The van der Waals surface area contributed by atoms with Crippen molar-refractivity contribution in [1.29, 1.82) is 0 Å². The van der Waals surface area contributed by atoms with E-state index in [-0.39, 0.29) is 29.8 Å². The van der Waals surface area contributed by atoms with E-state index in [1.807, 2.05) is 11.8 Å². The third kappa shape index (κ3) is 7.13. The van der Waals surface area contributed by atoms with Crippen LogP contribution in [0.3, 0.4) is 0 Å². The lowest BCUT2D eigenvalue weighted by atomic mass is 10.0. The molecule has 2 aromatic carbocycles. The molecule has 0 radical (unpaired) electrons. The predicted octanol–water partition coefficient (Wildman–Crippen LogP) is 4.17. The fourth-order valence-electron chi connectivity index (χ4n) is 4.28. The monoisotopic (exact) mass is 532 g/mol. The first-order valence-electron chi connectivity index (χ1n) is 11.2. The molecule has 4 N–H and O–H groups in total. The van der Waals surface area contributed by atoms with Crippen LogP contribution in [0.15, 0.2) is 42.5 Å². The van der Waals surface area contributed by atoms with Crippen LogP contribution in [0.4, 0.5) is 31.1 Å². The van der Waals surface area contributed by atoms with Crippen LogP contribution in [-0.4, -0.2) is 54.0 Å². The normalized spacial score (nSPS) is 18.0. The van der Waals surface area contributed by atoms with E-state index in [4.69, 9.17) is 16.2 Å². The maximum Gasteiger partial charge on any atom is 0.416 e. The van der Waals surface area contributed by atoms with Gasteiger partial charge in [0.25, 0.3) is 0 Å². The van der Waals surface area contributed by atoms with Crippen molar-refractivity contribution in [2.75, 3.05) is 26.2 Å². The number of hydrogen-bond acceptors (Lipinski definition) is 4. The summed E-state index contributed by atoms with van der Waals surface area (Å²) in [5, 5.41) is 0. The lowest BCUT2D eigenvalue weighted by Crippen LogP contribution is -2.56. The average Bonchev–Trinajstić information content (AvgIpc) is 2.81. The first-order valence-corrected chi connectivity index (χ1v) is 11.2. The van der Waals surface area contributed by atoms with Crippen LogP contribution < -0.4 is 11.5 Å². The van der Waals surface area contributed by atoms with E-state index in [9.17, 15) is 35.9 Å². The summed E-state index contributed by atoms with van der Waals surface area (Å²) in [5.41, 5.74) is 8.50. The summed E-state index contributed by atoms with van der Waals surface area (Å²) in [4.78, 5) is 26.5. The second-order valence-electron chi connectivity index (χ2n) is 8.80. The van der Waals surface area contributed by atoms with Crippen LogP contribution in [0, 0.1) is 0 Å². The molecule has 37 heavy (non-hydrogen) atoms. The number of carbonyl (C=O) groups excluding carboxylic acids is 2. The number of urea groups is 1. The predicted molar refractivity (Wildman–Crippen MR) is 121 cm³/mol. The van der Waals surface area contributed by atoms with Crippen molar-refractivity contribution in [3.63, 3.8) is 0 Å². The number of halogens is 6. The number of amides is 3. The van der Waals surface area contributed by atoms with E-state index in [1.54, 1.807) is 12.1 Å². The Morgan fingerprint density at radius 3 is 2.00 bits per heavy atom. The van der Waals surface area contributed by atoms with Gasteiger partial charge >= 0.3 is 18.4 Å². The molecule has 3 rings (SSSR count). The van der Waals surface area contributed by atoms with Crippen LogP contribution in [-0.2, 0) is 23.7 Å². The van der Waals surface area contributed by atoms with E-state index in [0.29, 0.717) is 37.3 Å². The van der Waals surface area contributed by atoms with Crippen molar-refractivity contribution in [2.45, 2.75) is 38.0 Å². The van der Waals surface area contributed by atoms with Gasteiger partial charge in [-0.15, -0.1) is 0 Å². The lowest BCUT2D eigenvalue weighted by molar-refractivity contribution is -0.143. The van der Waals surface area contributed by atoms with Crippen LogP contribution in [0.25, 0.3) is 0 Å². The van der Waals surface area contributed by atoms with Gasteiger partial charge in [0.05, 0.1) is 30.4 Å². The van der Waals surface area contributed by atoms with Crippen LogP contribution in [0.1, 0.15) is 45.6 Å². The largest absolute Gasteiger partial charge is 0.416 e. The highest BCUT2D eigenvalue weighted by Crippen LogP contribution is 2.36. The van der Waals surface area contributed by atoms with Crippen LogP contribution >= 0.6 is 0 Å². The summed E-state index contributed by atoms with van der Waals surface area (Å²) in [6.45, 7) is 2.28. The second kappa shape index (κ2) is 11.0. The minimum Gasteiger partial charge on any atom is -0.375 e. The Balaban J connectivity index is 1.84. The van der Waals surface area contributed by atoms with Crippen molar-refractivity contribution < 1.29 is 40.7 Å². The molecule has 0 spiro atoms. The van der Waals surface area contributed by atoms with Gasteiger partial charge < -0.3 is 21.1 Å². The average molecular weight is 532 g/mol. The van der Waals surface area contributed by atoms with Gasteiger partial charge in [0.1, 0.15) is 0 Å². The highest BCUT2D eigenvalue weighted by atomic mass is 19.4. The number of alkyl halides is 6. The molecule has 1 fully saturated rings. The maximum atomic E-state index is 13.2. The van der Waals surface area contributed by atoms with Crippen molar-refractivity contribution >= 4 is 11.9 Å². The molecule has 0 aromatic heterocycles. The maximum absolute atomic E-state index is 13.2. The molecule has 0 saturated carbocycles. The third-order valence-corrected chi connectivity index (χ3v) is 6.16. The van der Waals surface area contributed by atoms with Gasteiger partial charge in [-0.25, -0.2) is 4.79 Å². The SMILES string of the molecule is CC1CN(C(N)=O)CCN1C(COCc1cc(C(F)(F)F)cc(C(F)(F)F)c1)c1ccc(C(N)=O)cc1. The number of nitrogens with zero attached hydrogens (tertiary/aromatic N) is 2. The lowest BCUT2D eigenvalue weighted by Gasteiger charge is -2.43. The van der Waals surface area contributed by atoms with E-state index >= 15 is 0 Å². The number of hydrogen-bond donors (Lipinski definition) is 2. The number of piperazine rings is 1. The van der Waals surface area contributed by atoms with Crippen LogP contribution in [0.2, 0.25) is 0 Å². The van der Waals surface area contributed by atoms with E-state index in [1.165, 1.54) is 17.0 Å². The zero-order valence-corrected chi connectivity index (χ0v) is 19.8. The first-order chi connectivity index (χ1) is 17.2. The molecule has 7 nitrogen and oxygen atoms in total. The molecule has 0 aliphatic carbocycles. The molecule has 3 amide bonds. The van der Waals surface area contributed by atoms with Crippen LogP contribution in [0.5, 0.6) is 0 Å². The zero-order valence-electron chi connectivity index (χ0n) is 19.8. The first kappa shape index (κ1) is 28.3. The molecule has 202 valence electrons. The molecule has 1 heterocycles. The molecule has 2 aromatic rings. The zero-order chi connectivity index (χ0) is 27.5. The molecule has 1 aliphatic rings. The molecule has 2 atom stereocenters. The van der Waals surface area contributed by atoms with Gasteiger partial charge in [-0.3, -0.25) is 9.69 Å². The smallest absolute Gasteiger partial charge is 0.375 e. The van der Waals surface area contributed by atoms with Gasteiger partial charge in [-0.2, -0.15) is 26.3 Å². The molecule has 1 saturated heterocycles. The summed E-state index contributed by atoms with van der Waals surface area (Å²) in [5.74, 6) is -0.632. The number of rotatable bonds is 7. The summed E-state index contributed by atoms with van der Waals surface area (Å²) in [6, 6.07) is 6.37. The molecule has 1 aliphatic heterocycles. The Labute approximate surface area is 208 Å². The van der Waals surface area contributed by atoms with Crippen molar-refractivity contribution in [3.8, 4) is 0 Å². The highest BCUT2D eigenvalue weighted by Gasteiger charge is 2.37. The molecule has 13 heteroatoms. The van der Waals surface area contributed by atoms with Crippen molar-refractivity contribution in [2.24, 2.45) is 11.5 Å². The minimum absolute atomic E-state index is 0.0620. The number of nitrogens with two attached hydrogens (primary N) is 2. The van der Waals surface area contributed by atoms with Gasteiger partial charge in [-0.05, 0) is 48.4 Å². The van der Waals surface area contributed by atoms with Crippen molar-refractivity contribution in [1.82, 2.24) is 9.80 Å². The Morgan fingerprint density at radius 1 is 0.973 bits per heavy atom. The van der Waals surface area contributed by atoms with Gasteiger partial charge in [-0.1, -0.05) is 12.1 Å². The number of ether oxygens (including phenoxy) is 1. The molecule has 0 bridgehead atoms. The molecule has 2 unspecified atom stereocenters. The van der Waals surface area contributed by atoms with Gasteiger partial charge in [0.2, 0.25) is 5.91 Å². The topological polar surface area (TPSA) is 102 Å². The van der Waals surface area contributed by atoms with Crippen molar-refractivity contribution in [3.05, 3.63) is 70.3 Å². The highest BCUT2D eigenvalue weighted by molar-refractivity contribution is 5.92. The number of benzene rings is 2. The van der Waals surface area contributed by atoms with Gasteiger partial charge in [0, 0.05) is 31.2 Å². The Morgan fingerprint density at radius 2 is 1.54 bits per heavy atom. The molecular weight excluding hydrogens is 506 g/mol. The summed E-state index contributed by atoms with van der Waals surface area (Å²) >= 11 is 0. The third-order valence-electron chi connectivity index (χ3n) is 6.16. The quantitative estimate of drug-likeness (QED) is 0.523. The standard InChI is InChI=1S/C24H26F6N4O3/c1-14-11-33(22(32)36)6-7-34(14)20(16-2-4-17(5-3-16)21(31)35)13-37-12-15-8-18(23(25,26)27)10-19(9-15)24(28,29)30/h2-5,8-10,14,20H,6-7,11-13H2,1H3,(H2,31,35)(H2,32,36). The molecular formula is C24H26F6N4O3. The Kier molecular flexibility index (Phi) is 8.38. The number of carbonyl (C=O) groups is 2. The van der Waals surface area contributed by atoms with E-state index in [2.05, 4.69) is 0 Å². The minimum atomic E-state index is -4.96. The summed E-state index contributed by atoms with van der Waals surface area (Å²) in [6.07, 6.45) is -9.92.